The van der Waals surface area contributed by atoms with Crippen molar-refractivity contribution in [2.24, 2.45) is 7.05 Å². The van der Waals surface area contributed by atoms with E-state index in [1.807, 2.05) is 0 Å². The highest BCUT2D eigenvalue weighted by atomic mass is 32.2. The molecule has 21 heavy (non-hydrogen) atoms. The molecule has 9 heteroatoms. The zero-order valence-electron chi connectivity index (χ0n) is 11.8. The molecule has 1 fully saturated rings. The highest BCUT2D eigenvalue weighted by molar-refractivity contribution is 7.91. The maximum absolute atomic E-state index is 12.5. The fraction of sp³-hybridized carbons (Fsp3) is 0.583. The van der Waals surface area contributed by atoms with Gasteiger partial charge in [-0.3, -0.25) is 14.3 Å². The van der Waals surface area contributed by atoms with E-state index in [-0.39, 0.29) is 17.9 Å². The van der Waals surface area contributed by atoms with E-state index in [1.54, 1.807) is 14.0 Å². The van der Waals surface area contributed by atoms with Gasteiger partial charge in [-0.1, -0.05) is 0 Å². The Balaban J connectivity index is 2.30. The first kappa shape index (κ1) is 15.5. The summed E-state index contributed by atoms with van der Waals surface area (Å²) in [6, 6.07) is -0.599. The number of carboxylic acid groups (broad SMARTS) is 1. The van der Waals surface area contributed by atoms with E-state index in [0.717, 1.165) is 4.90 Å². The van der Waals surface area contributed by atoms with Crippen LogP contribution in [0.4, 0.5) is 0 Å². The molecule has 1 aliphatic heterocycles. The van der Waals surface area contributed by atoms with E-state index >= 15 is 0 Å². The van der Waals surface area contributed by atoms with Crippen LogP contribution in [0.25, 0.3) is 0 Å². The smallest absolute Gasteiger partial charge is 0.323 e. The molecule has 0 saturated carbocycles. The van der Waals surface area contributed by atoms with Gasteiger partial charge in [0.05, 0.1) is 22.8 Å². The van der Waals surface area contributed by atoms with E-state index in [4.69, 9.17) is 5.11 Å². The van der Waals surface area contributed by atoms with Crippen LogP contribution in [0.5, 0.6) is 0 Å². The largest absolute Gasteiger partial charge is 0.480 e. The standard InChI is InChI=1S/C12H17N3O5S/c1-8-10(5-14(2)13-8)12(18)15(6-11(16)17)9-3-4-21(19,20)7-9/h5,9H,3-4,6-7H2,1-2H3,(H,16,17). The number of amides is 1. The van der Waals surface area contributed by atoms with E-state index in [9.17, 15) is 18.0 Å². The molecule has 0 spiro atoms. The highest BCUT2D eigenvalue weighted by Crippen LogP contribution is 2.20. The van der Waals surface area contributed by atoms with Gasteiger partial charge in [0.1, 0.15) is 6.54 Å². The molecule has 1 aromatic rings. The number of carbonyl (C=O) groups is 2. The Morgan fingerprint density at radius 1 is 1.52 bits per heavy atom. The van der Waals surface area contributed by atoms with Gasteiger partial charge in [-0.25, -0.2) is 8.42 Å². The van der Waals surface area contributed by atoms with Crippen LogP contribution in [0.3, 0.4) is 0 Å². The van der Waals surface area contributed by atoms with E-state index in [2.05, 4.69) is 5.10 Å². The summed E-state index contributed by atoms with van der Waals surface area (Å²) in [4.78, 5) is 24.6. The van der Waals surface area contributed by atoms with Gasteiger partial charge in [-0.05, 0) is 13.3 Å². The number of aryl methyl sites for hydroxylation is 2. The van der Waals surface area contributed by atoms with Crippen molar-refractivity contribution in [3.8, 4) is 0 Å². The van der Waals surface area contributed by atoms with Crippen LogP contribution in [-0.2, 0) is 21.7 Å². The molecule has 1 aromatic heterocycles. The first-order chi connectivity index (χ1) is 9.69. The van der Waals surface area contributed by atoms with Gasteiger partial charge in [0.2, 0.25) is 0 Å². The maximum atomic E-state index is 12.5. The Morgan fingerprint density at radius 2 is 2.19 bits per heavy atom. The zero-order chi connectivity index (χ0) is 15.8. The summed E-state index contributed by atoms with van der Waals surface area (Å²) in [5, 5.41) is 13.0. The predicted octanol–water partition coefficient (Wildman–Crippen LogP) is -0.558. The van der Waals surface area contributed by atoms with Gasteiger partial charge in [0.15, 0.2) is 9.84 Å². The molecule has 0 bridgehead atoms. The molecular formula is C12H17N3O5S. The average molecular weight is 315 g/mol. The summed E-state index contributed by atoms with van der Waals surface area (Å²) >= 11 is 0. The molecule has 0 aromatic carbocycles. The number of hydrogen-bond donors (Lipinski definition) is 1. The van der Waals surface area contributed by atoms with Crippen molar-refractivity contribution in [2.75, 3.05) is 18.1 Å². The number of hydrogen-bond acceptors (Lipinski definition) is 5. The fourth-order valence-electron chi connectivity index (χ4n) is 2.50. The number of aliphatic carboxylic acids is 1. The van der Waals surface area contributed by atoms with Crippen molar-refractivity contribution in [1.82, 2.24) is 14.7 Å². The average Bonchev–Trinajstić information content (AvgIpc) is 2.87. The van der Waals surface area contributed by atoms with Crippen molar-refractivity contribution in [3.63, 3.8) is 0 Å². The van der Waals surface area contributed by atoms with Crippen LogP contribution in [0.1, 0.15) is 22.5 Å². The third-order valence-electron chi connectivity index (χ3n) is 3.46. The van der Waals surface area contributed by atoms with Crippen LogP contribution >= 0.6 is 0 Å². The minimum absolute atomic E-state index is 0.0207. The first-order valence-electron chi connectivity index (χ1n) is 6.43. The Labute approximate surface area is 122 Å². The molecule has 1 saturated heterocycles. The summed E-state index contributed by atoms with van der Waals surface area (Å²) in [6.45, 7) is 1.13. The summed E-state index contributed by atoms with van der Waals surface area (Å²) in [7, 11) is -1.55. The Kier molecular flexibility index (Phi) is 4.04. The molecule has 1 atom stereocenters. The van der Waals surface area contributed by atoms with Gasteiger partial charge in [0, 0.05) is 19.3 Å². The van der Waals surface area contributed by atoms with Crippen molar-refractivity contribution in [1.29, 1.82) is 0 Å². The van der Waals surface area contributed by atoms with Gasteiger partial charge < -0.3 is 10.0 Å². The minimum atomic E-state index is -3.20. The molecule has 0 aliphatic carbocycles. The number of carbonyl (C=O) groups excluding carboxylic acids is 1. The molecule has 1 unspecified atom stereocenters. The molecule has 1 amide bonds. The van der Waals surface area contributed by atoms with Crippen molar-refractivity contribution < 1.29 is 23.1 Å². The van der Waals surface area contributed by atoms with Gasteiger partial charge in [0.25, 0.3) is 5.91 Å². The van der Waals surface area contributed by atoms with Gasteiger partial charge in [-0.15, -0.1) is 0 Å². The van der Waals surface area contributed by atoms with E-state index in [1.165, 1.54) is 10.9 Å². The van der Waals surface area contributed by atoms with Crippen LogP contribution < -0.4 is 0 Å². The summed E-state index contributed by atoms with van der Waals surface area (Å²) in [5.74, 6) is -1.88. The predicted molar refractivity (Wildman–Crippen MR) is 73.7 cm³/mol. The molecule has 0 radical (unpaired) electrons. The second-order valence-electron chi connectivity index (χ2n) is 5.19. The number of rotatable bonds is 4. The van der Waals surface area contributed by atoms with Gasteiger partial charge in [-0.2, -0.15) is 5.10 Å². The molecule has 8 nitrogen and oxygen atoms in total. The first-order valence-corrected chi connectivity index (χ1v) is 8.25. The lowest BCUT2D eigenvalue weighted by Crippen LogP contribution is -2.44. The van der Waals surface area contributed by atoms with Crippen molar-refractivity contribution in [3.05, 3.63) is 17.5 Å². The molecule has 2 rings (SSSR count). The molecular weight excluding hydrogens is 298 g/mol. The normalized spacial score (nSPS) is 20.4. The topological polar surface area (TPSA) is 110 Å². The third-order valence-corrected chi connectivity index (χ3v) is 5.21. The Morgan fingerprint density at radius 3 is 2.62 bits per heavy atom. The molecule has 1 aliphatic rings. The zero-order valence-corrected chi connectivity index (χ0v) is 12.6. The van der Waals surface area contributed by atoms with Crippen LogP contribution in [-0.4, -0.2) is 64.2 Å². The molecule has 116 valence electrons. The second kappa shape index (κ2) is 5.47. The van der Waals surface area contributed by atoms with Crippen molar-refractivity contribution in [2.45, 2.75) is 19.4 Å². The van der Waals surface area contributed by atoms with Crippen molar-refractivity contribution >= 4 is 21.7 Å². The second-order valence-corrected chi connectivity index (χ2v) is 7.41. The molecule has 1 N–H and O–H groups in total. The Bertz CT molecular complexity index is 679. The summed E-state index contributed by atoms with van der Waals surface area (Å²) in [5.41, 5.74) is 0.779. The number of aromatic nitrogens is 2. The molecule has 2 heterocycles. The fourth-order valence-corrected chi connectivity index (χ4v) is 4.23. The number of sulfone groups is 1. The van der Waals surface area contributed by atoms with E-state index in [0.29, 0.717) is 11.3 Å². The SMILES string of the molecule is Cc1nn(C)cc1C(=O)N(CC(=O)O)C1CCS(=O)(=O)C1. The van der Waals surface area contributed by atoms with Gasteiger partial charge >= 0.3 is 5.97 Å². The minimum Gasteiger partial charge on any atom is -0.480 e. The summed E-state index contributed by atoms with van der Waals surface area (Å²) < 4.78 is 24.6. The lowest BCUT2D eigenvalue weighted by Gasteiger charge is -2.26. The summed E-state index contributed by atoms with van der Waals surface area (Å²) in [6.07, 6.45) is 1.77. The monoisotopic (exact) mass is 315 g/mol. The van der Waals surface area contributed by atoms with Crippen LogP contribution in [0.2, 0.25) is 0 Å². The van der Waals surface area contributed by atoms with E-state index < -0.39 is 34.3 Å². The highest BCUT2D eigenvalue weighted by Gasteiger charge is 2.36. The number of carboxylic acids is 1. The lowest BCUT2D eigenvalue weighted by molar-refractivity contribution is -0.138. The third kappa shape index (κ3) is 3.41. The van der Waals surface area contributed by atoms with Crippen LogP contribution in [0, 0.1) is 6.92 Å². The Hall–Kier alpha value is -1.90. The van der Waals surface area contributed by atoms with Crippen LogP contribution in [0.15, 0.2) is 6.20 Å². The lowest BCUT2D eigenvalue weighted by atomic mass is 10.1. The number of nitrogens with zero attached hydrogens (tertiary/aromatic N) is 3. The maximum Gasteiger partial charge on any atom is 0.323 e. The quantitative estimate of drug-likeness (QED) is 0.798.